The van der Waals surface area contributed by atoms with Gasteiger partial charge in [0.1, 0.15) is 5.82 Å². The molecule has 0 radical (unpaired) electrons. The van der Waals surface area contributed by atoms with Gasteiger partial charge in [-0.1, -0.05) is 17.2 Å². The fraction of sp³-hybridized carbons (Fsp3) is 0.217. The first-order valence-corrected chi connectivity index (χ1v) is 10.1. The van der Waals surface area contributed by atoms with E-state index in [0.717, 1.165) is 23.6 Å². The molecular weight excluding hydrogens is 422 g/mol. The van der Waals surface area contributed by atoms with E-state index in [1.54, 1.807) is 18.5 Å². The predicted molar refractivity (Wildman–Crippen MR) is 115 cm³/mol. The lowest BCUT2D eigenvalue weighted by molar-refractivity contribution is 0.0991. The second-order valence-corrected chi connectivity index (χ2v) is 7.76. The van der Waals surface area contributed by atoms with Gasteiger partial charge in [0.05, 0.1) is 29.0 Å². The Morgan fingerprint density at radius 1 is 1.16 bits per heavy atom. The summed E-state index contributed by atoms with van der Waals surface area (Å²) in [4.78, 5) is 27.3. The summed E-state index contributed by atoms with van der Waals surface area (Å²) in [5.41, 5.74) is 3.34. The molecule has 0 saturated carbocycles. The maximum Gasteiger partial charge on any atom is 0.170 e. The Bertz CT molecular complexity index is 1160. The molecule has 5 nitrogen and oxygen atoms in total. The number of hydrogen-bond acceptors (Lipinski definition) is 5. The molecule has 0 spiro atoms. The van der Waals surface area contributed by atoms with Gasteiger partial charge in [0.25, 0.3) is 0 Å². The van der Waals surface area contributed by atoms with Crippen LogP contribution in [0.2, 0.25) is 5.02 Å². The van der Waals surface area contributed by atoms with Crippen LogP contribution < -0.4 is 4.90 Å². The number of Topliss-reactive ketones (excluding diaryl/α,β-unsaturated/α-hetero) is 1. The Labute approximate surface area is 183 Å². The first-order valence-electron chi connectivity index (χ1n) is 9.76. The first-order chi connectivity index (χ1) is 14.9. The highest BCUT2D eigenvalue weighted by Crippen LogP contribution is 2.28. The van der Waals surface area contributed by atoms with Gasteiger partial charge in [-0.15, -0.1) is 0 Å². The molecule has 0 unspecified atom stereocenters. The van der Waals surface area contributed by atoms with Crippen LogP contribution >= 0.6 is 11.6 Å². The van der Waals surface area contributed by atoms with E-state index in [1.807, 2.05) is 11.8 Å². The maximum absolute atomic E-state index is 14.2. The fourth-order valence-corrected chi connectivity index (χ4v) is 3.74. The van der Waals surface area contributed by atoms with Crippen molar-refractivity contribution in [2.75, 3.05) is 18.0 Å². The number of anilines is 1. The summed E-state index contributed by atoms with van der Waals surface area (Å²) in [5.74, 6) is -0.911. The van der Waals surface area contributed by atoms with Crippen molar-refractivity contribution in [3.63, 3.8) is 0 Å². The highest BCUT2D eigenvalue weighted by atomic mass is 35.5. The van der Waals surface area contributed by atoms with Gasteiger partial charge in [-0.2, -0.15) is 0 Å². The Kier molecular flexibility index (Phi) is 6.04. The Morgan fingerprint density at radius 2 is 2.00 bits per heavy atom. The molecule has 31 heavy (non-hydrogen) atoms. The van der Waals surface area contributed by atoms with E-state index in [2.05, 4.69) is 15.0 Å². The van der Waals surface area contributed by atoms with E-state index in [4.69, 9.17) is 11.6 Å². The number of carbonyl (C=O) groups excluding carboxylic acids is 1. The SMILES string of the molecule is CC1=C(c2cnc(CC(=O)c3cc(F)ccc3Cl)cn2)CN(c2ncccc2F)CC1. The topological polar surface area (TPSA) is 59.0 Å². The van der Waals surface area contributed by atoms with Crippen molar-refractivity contribution >= 4 is 28.8 Å². The molecular formula is C23H19ClF2N4O. The summed E-state index contributed by atoms with van der Waals surface area (Å²) >= 11 is 6.01. The van der Waals surface area contributed by atoms with E-state index in [-0.39, 0.29) is 28.6 Å². The molecule has 0 N–H and O–H groups in total. The average molecular weight is 441 g/mol. The zero-order chi connectivity index (χ0) is 22.0. The standard InChI is InChI=1S/C23H19ClF2N4O/c1-14-6-8-30(23-20(26)3-2-7-27-23)13-18(14)21-12-28-16(11-29-21)10-22(31)17-9-15(25)4-5-19(17)24/h2-5,7,9,11-12H,6,8,10,13H2,1H3. The predicted octanol–water partition coefficient (Wildman–Crippen LogP) is 4.91. The molecule has 158 valence electrons. The second kappa shape index (κ2) is 8.89. The van der Waals surface area contributed by atoms with Crippen molar-refractivity contribution in [3.8, 4) is 0 Å². The molecule has 4 rings (SSSR count). The quantitative estimate of drug-likeness (QED) is 0.527. The minimum atomic E-state index is -0.525. The normalized spacial score (nSPS) is 14.1. The van der Waals surface area contributed by atoms with Crippen molar-refractivity contribution in [2.24, 2.45) is 0 Å². The van der Waals surface area contributed by atoms with E-state index in [9.17, 15) is 13.6 Å². The Hall–Kier alpha value is -3.19. The van der Waals surface area contributed by atoms with Crippen molar-refractivity contribution in [2.45, 2.75) is 19.8 Å². The number of hydrogen-bond donors (Lipinski definition) is 0. The van der Waals surface area contributed by atoms with Gasteiger partial charge in [0.2, 0.25) is 0 Å². The Morgan fingerprint density at radius 3 is 2.74 bits per heavy atom. The lowest BCUT2D eigenvalue weighted by Crippen LogP contribution is -2.32. The molecule has 0 amide bonds. The van der Waals surface area contributed by atoms with Gasteiger partial charge in [-0.05, 0) is 49.2 Å². The summed E-state index contributed by atoms with van der Waals surface area (Å²) in [6.45, 7) is 3.15. The van der Waals surface area contributed by atoms with E-state index in [1.165, 1.54) is 24.4 Å². The number of halogens is 3. The average Bonchev–Trinajstić information content (AvgIpc) is 2.77. The summed E-state index contributed by atoms with van der Waals surface area (Å²) in [6, 6.07) is 6.63. The third-order valence-corrected chi connectivity index (χ3v) is 5.57. The van der Waals surface area contributed by atoms with Crippen LogP contribution in [0.5, 0.6) is 0 Å². The van der Waals surface area contributed by atoms with E-state index in [0.29, 0.717) is 30.3 Å². The summed E-state index contributed by atoms with van der Waals surface area (Å²) in [7, 11) is 0. The van der Waals surface area contributed by atoms with Crippen LogP contribution in [0, 0.1) is 11.6 Å². The van der Waals surface area contributed by atoms with Gasteiger partial charge in [0.15, 0.2) is 17.4 Å². The van der Waals surface area contributed by atoms with Crippen LogP contribution in [-0.4, -0.2) is 33.8 Å². The highest BCUT2D eigenvalue weighted by Gasteiger charge is 2.22. The summed E-state index contributed by atoms with van der Waals surface area (Å²) in [5, 5.41) is 0.195. The van der Waals surface area contributed by atoms with E-state index < -0.39 is 5.82 Å². The molecule has 0 fully saturated rings. The largest absolute Gasteiger partial charge is 0.349 e. The molecule has 1 aliphatic heterocycles. The monoisotopic (exact) mass is 440 g/mol. The minimum Gasteiger partial charge on any atom is -0.349 e. The molecule has 2 aromatic heterocycles. The lowest BCUT2D eigenvalue weighted by atomic mass is 9.99. The van der Waals surface area contributed by atoms with Crippen molar-refractivity contribution in [1.29, 1.82) is 0 Å². The lowest BCUT2D eigenvalue weighted by Gasteiger charge is -2.30. The minimum absolute atomic E-state index is 0.0419. The fourth-order valence-electron chi connectivity index (χ4n) is 3.52. The van der Waals surface area contributed by atoms with Crippen LogP contribution in [-0.2, 0) is 6.42 Å². The molecule has 1 aromatic carbocycles. The highest BCUT2D eigenvalue weighted by molar-refractivity contribution is 6.34. The van der Waals surface area contributed by atoms with Crippen LogP contribution in [0.3, 0.4) is 0 Å². The molecule has 8 heteroatoms. The van der Waals surface area contributed by atoms with Gasteiger partial charge in [-0.3, -0.25) is 14.8 Å². The molecule has 1 aliphatic rings. The third kappa shape index (κ3) is 4.61. The van der Waals surface area contributed by atoms with Crippen LogP contribution in [0.25, 0.3) is 5.57 Å². The van der Waals surface area contributed by atoms with Gasteiger partial charge < -0.3 is 4.90 Å². The number of nitrogens with zero attached hydrogens (tertiary/aromatic N) is 4. The molecule has 0 atom stereocenters. The van der Waals surface area contributed by atoms with Crippen molar-refractivity contribution < 1.29 is 13.6 Å². The zero-order valence-corrected chi connectivity index (χ0v) is 17.5. The number of pyridine rings is 1. The molecule has 0 saturated heterocycles. The number of carbonyl (C=O) groups is 1. The molecule has 3 heterocycles. The summed E-state index contributed by atoms with van der Waals surface area (Å²) < 4.78 is 27.6. The Balaban J connectivity index is 1.51. The maximum atomic E-state index is 14.2. The van der Waals surface area contributed by atoms with E-state index >= 15 is 0 Å². The smallest absolute Gasteiger partial charge is 0.170 e. The second-order valence-electron chi connectivity index (χ2n) is 7.36. The number of aromatic nitrogens is 3. The molecule has 0 bridgehead atoms. The molecule has 0 aliphatic carbocycles. The number of benzene rings is 1. The third-order valence-electron chi connectivity index (χ3n) is 5.24. The van der Waals surface area contributed by atoms with Crippen LogP contribution in [0.1, 0.15) is 35.1 Å². The van der Waals surface area contributed by atoms with Crippen LogP contribution in [0.4, 0.5) is 14.6 Å². The van der Waals surface area contributed by atoms with Crippen molar-refractivity contribution in [3.05, 3.63) is 88.1 Å². The first kappa shape index (κ1) is 21.1. The van der Waals surface area contributed by atoms with Crippen molar-refractivity contribution in [1.82, 2.24) is 15.0 Å². The number of ketones is 1. The van der Waals surface area contributed by atoms with Crippen LogP contribution in [0.15, 0.2) is 54.5 Å². The van der Waals surface area contributed by atoms with Gasteiger partial charge in [0, 0.05) is 31.0 Å². The molecule has 3 aromatic rings. The zero-order valence-electron chi connectivity index (χ0n) is 16.8. The van der Waals surface area contributed by atoms with Gasteiger partial charge >= 0.3 is 0 Å². The summed E-state index contributed by atoms with van der Waals surface area (Å²) in [6.07, 6.45) is 5.42. The van der Waals surface area contributed by atoms with Gasteiger partial charge in [-0.25, -0.2) is 13.8 Å². The number of rotatable bonds is 5.